The smallest absolute Gasteiger partial charge is 0.240 e. The summed E-state index contributed by atoms with van der Waals surface area (Å²) in [7, 11) is -1.20. The molecule has 8 heteroatoms. The first-order chi connectivity index (χ1) is 13.3. The van der Waals surface area contributed by atoms with E-state index in [0.717, 1.165) is 22.6 Å². The van der Waals surface area contributed by atoms with Crippen LogP contribution in [0.15, 0.2) is 53.6 Å². The molecule has 0 aliphatic carbocycles. The van der Waals surface area contributed by atoms with Crippen molar-refractivity contribution in [3.63, 3.8) is 0 Å². The topological polar surface area (TPSA) is 94.4 Å². The van der Waals surface area contributed by atoms with Gasteiger partial charge in [0.1, 0.15) is 5.75 Å². The fraction of sp³-hybridized carbons (Fsp3) is 0.300. The predicted molar refractivity (Wildman–Crippen MR) is 113 cm³/mol. The zero-order chi connectivity index (χ0) is 20.3. The van der Waals surface area contributed by atoms with Crippen LogP contribution >= 0.6 is 10.8 Å². The first kappa shape index (κ1) is 20.2. The molecule has 0 fully saturated rings. The van der Waals surface area contributed by atoms with Crippen LogP contribution < -0.4 is 9.46 Å². The maximum Gasteiger partial charge on any atom is 0.240 e. The van der Waals surface area contributed by atoms with Gasteiger partial charge in [-0.1, -0.05) is 24.3 Å². The Balaban J connectivity index is 1.80. The molecule has 0 saturated carbocycles. The average Bonchev–Trinajstić information content (AvgIpc) is 3.14. The Morgan fingerprint density at radius 3 is 2.39 bits per heavy atom. The van der Waals surface area contributed by atoms with E-state index >= 15 is 0 Å². The number of hydrogen-bond donors (Lipinski definition) is 3. The van der Waals surface area contributed by atoms with Gasteiger partial charge in [0.15, 0.2) is 0 Å². The molecule has 2 aromatic rings. The average molecular weight is 404 g/mol. The lowest BCUT2D eigenvalue weighted by molar-refractivity contribution is -0.130. The van der Waals surface area contributed by atoms with Gasteiger partial charge >= 0.3 is 0 Å². The second-order valence-corrected chi connectivity index (χ2v) is 8.65. The third-order valence-electron chi connectivity index (χ3n) is 4.64. The first-order valence-electron chi connectivity index (χ1n) is 8.98. The lowest BCUT2D eigenvalue weighted by Crippen LogP contribution is -2.24. The zero-order valence-electron chi connectivity index (χ0n) is 16.1. The Bertz CT molecular complexity index is 866. The molecule has 1 aliphatic heterocycles. The minimum absolute atomic E-state index is 0.119. The third-order valence-corrected chi connectivity index (χ3v) is 6.00. The maximum absolute atomic E-state index is 12.1. The number of benzene rings is 2. The molecule has 3 N–H and O–H groups in total. The molecular weight excluding hydrogens is 378 g/mol. The molecule has 1 heterocycles. The van der Waals surface area contributed by atoms with Gasteiger partial charge in [0.05, 0.1) is 30.3 Å². The number of amides is 1. The van der Waals surface area contributed by atoms with Gasteiger partial charge in [-0.15, -0.1) is 10.8 Å². The van der Waals surface area contributed by atoms with Crippen LogP contribution in [0.3, 0.4) is 0 Å². The number of carbonyl (C=O) groups excluding carboxylic acids is 1. The number of nitrogens with zero attached hydrogens (tertiary/aromatic N) is 2. The number of nitrogens with one attached hydrogen (secondary N) is 1. The molecule has 0 saturated heterocycles. The summed E-state index contributed by atoms with van der Waals surface area (Å²) in [6.45, 7) is 3.21. The Hall–Kier alpha value is -2.55. The fourth-order valence-electron chi connectivity index (χ4n) is 3.05. The lowest BCUT2D eigenvalue weighted by Gasteiger charge is -2.32. The van der Waals surface area contributed by atoms with Crippen molar-refractivity contribution in [1.29, 1.82) is 0 Å². The molecule has 7 nitrogen and oxygen atoms in total. The van der Waals surface area contributed by atoms with E-state index in [4.69, 9.17) is 4.74 Å². The SMILES string of the molecule is CCS(O)(O)Nc1ccc(C2=NN(C(C)=O)C(c3ccc(OC)cc3)C2)cc1. The molecular formula is C20H25N3O4S. The summed E-state index contributed by atoms with van der Waals surface area (Å²) in [5.74, 6) is 0.878. The molecule has 1 unspecified atom stereocenters. The highest BCUT2D eigenvalue weighted by Crippen LogP contribution is 2.38. The highest BCUT2D eigenvalue weighted by molar-refractivity contribution is 8.25. The van der Waals surface area contributed by atoms with Crippen LogP contribution in [0, 0.1) is 0 Å². The number of ether oxygens (including phenoxy) is 1. The summed E-state index contributed by atoms with van der Waals surface area (Å²) < 4.78 is 27.5. The summed E-state index contributed by atoms with van der Waals surface area (Å²) in [4.78, 5) is 12.1. The zero-order valence-corrected chi connectivity index (χ0v) is 16.9. The molecule has 0 spiro atoms. The number of methoxy groups -OCH3 is 1. The van der Waals surface area contributed by atoms with E-state index in [2.05, 4.69) is 9.82 Å². The number of hydrogen-bond acceptors (Lipinski definition) is 6. The third kappa shape index (κ3) is 4.46. The van der Waals surface area contributed by atoms with Crippen LogP contribution in [0.5, 0.6) is 5.75 Å². The highest BCUT2D eigenvalue weighted by Gasteiger charge is 2.31. The standard InChI is InChI=1S/C20H25N3O4S/c1-4-28(25,26)22-17-9-5-15(6-10-17)19-13-20(23(21-19)14(2)24)16-7-11-18(27-3)12-8-16/h5-12,20,22,25-26H,4,13H2,1-3H3. The van der Waals surface area contributed by atoms with E-state index in [1.807, 2.05) is 36.4 Å². The minimum atomic E-state index is -2.82. The summed E-state index contributed by atoms with van der Waals surface area (Å²) in [6, 6.07) is 14.8. The van der Waals surface area contributed by atoms with Gasteiger partial charge in [-0.3, -0.25) is 18.6 Å². The van der Waals surface area contributed by atoms with Crippen LogP contribution in [0.2, 0.25) is 0 Å². The number of rotatable bonds is 6. The van der Waals surface area contributed by atoms with Gasteiger partial charge in [-0.25, -0.2) is 5.01 Å². The van der Waals surface area contributed by atoms with Gasteiger partial charge in [-0.2, -0.15) is 5.10 Å². The second-order valence-electron chi connectivity index (χ2n) is 6.54. The molecule has 1 aliphatic rings. The number of carbonyl (C=O) groups is 1. The van der Waals surface area contributed by atoms with Gasteiger partial charge < -0.3 is 4.74 Å². The Morgan fingerprint density at radius 2 is 1.86 bits per heavy atom. The van der Waals surface area contributed by atoms with Crippen molar-refractivity contribution in [2.24, 2.45) is 5.10 Å². The molecule has 28 heavy (non-hydrogen) atoms. The highest BCUT2D eigenvalue weighted by atomic mass is 32.3. The van der Waals surface area contributed by atoms with Crippen molar-refractivity contribution in [2.45, 2.75) is 26.3 Å². The number of anilines is 1. The molecule has 3 rings (SSSR count). The van der Waals surface area contributed by atoms with Gasteiger partial charge in [0.2, 0.25) is 5.91 Å². The van der Waals surface area contributed by atoms with E-state index < -0.39 is 10.8 Å². The Kier molecular flexibility index (Phi) is 5.93. The first-order valence-corrected chi connectivity index (χ1v) is 10.7. The van der Waals surface area contributed by atoms with E-state index in [1.54, 1.807) is 26.2 Å². The Labute approximate surface area is 166 Å². The van der Waals surface area contributed by atoms with Crippen molar-refractivity contribution in [1.82, 2.24) is 5.01 Å². The molecule has 2 aromatic carbocycles. The molecule has 1 atom stereocenters. The quantitative estimate of drug-likeness (QED) is 0.661. The molecule has 0 aromatic heterocycles. The fourth-order valence-corrected chi connectivity index (χ4v) is 3.71. The van der Waals surface area contributed by atoms with Crippen molar-refractivity contribution in [2.75, 3.05) is 17.6 Å². The summed E-state index contributed by atoms with van der Waals surface area (Å²) in [5.41, 5.74) is 3.31. The van der Waals surface area contributed by atoms with Crippen LogP contribution in [0.1, 0.15) is 37.4 Å². The van der Waals surface area contributed by atoms with Crippen LogP contribution in [-0.4, -0.2) is 38.6 Å². The molecule has 1 amide bonds. The monoisotopic (exact) mass is 403 g/mol. The van der Waals surface area contributed by atoms with Crippen LogP contribution in [0.4, 0.5) is 5.69 Å². The van der Waals surface area contributed by atoms with Gasteiger partial charge in [0, 0.05) is 13.3 Å². The van der Waals surface area contributed by atoms with E-state index in [0.29, 0.717) is 12.1 Å². The minimum Gasteiger partial charge on any atom is -0.497 e. The van der Waals surface area contributed by atoms with Crippen molar-refractivity contribution in [3.05, 3.63) is 59.7 Å². The normalized spacial score (nSPS) is 17.2. The predicted octanol–water partition coefficient (Wildman–Crippen LogP) is 4.49. The van der Waals surface area contributed by atoms with E-state index in [9.17, 15) is 13.9 Å². The van der Waals surface area contributed by atoms with E-state index in [1.165, 1.54) is 11.9 Å². The molecule has 0 radical (unpaired) electrons. The van der Waals surface area contributed by atoms with Gasteiger partial charge in [0.25, 0.3) is 0 Å². The lowest BCUT2D eigenvalue weighted by atomic mass is 9.98. The molecule has 0 bridgehead atoms. The van der Waals surface area contributed by atoms with Crippen LogP contribution in [-0.2, 0) is 4.79 Å². The number of hydrazone groups is 1. The van der Waals surface area contributed by atoms with Crippen molar-refractivity contribution < 1.29 is 18.6 Å². The van der Waals surface area contributed by atoms with Crippen molar-refractivity contribution >= 4 is 28.1 Å². The maximum atomic E-state index is 12.1. The Morgan fingerprint density at radius 1 is 1.21 bits per heavy atom. The summed E-state index contributed by atoms with van der Waals surface area (Å²) >= 11 is 0. The molecule has 150 valence electrons. The summed E-state index contributed by atoms with van der Waals surface area (Å²) in [6.07, 6.45) is 0.600. The van der Waals surface area contributed by atoms with Gasteiger partial charge in [-0.05, 0) is 42.3 Å². The van der Waals surface area contributed by atoms with E-state index in [-0.39, 0.29) is 17.7 Å². The largest absolute Gasteiger partial charge is 0.497 e. The summed E-state index contributed by atoms with van der Waals surface area (Å²) in [5, 5.41) is 6.04. The second kappa shape index (κ2) is 8.22. The van der Waals surface area contributed by atoms with Crippen molar-refractivity contribution in [3.8, 4) is 5.75 Å². The van der Waals surface area contributed by atoms with Crippen LogP contribution in [0.25, 0.3) is 0 Å².